The zero-order valence-electron chi connectivity index (χ0n) is 7.04. The maximum Gasteiger partial charge on any atom is 0.147 e. The molecule has 0 aliphatic rings. The molecule has 13 heavy (non-hydrogen) atoms. The quantitative estimate of drug-likeness (QED) is 0.832. The second kappa shape index (κ2) is 4.13. The number of halogens is 2. The Morgan fingerprint density at radius 3 is 2.77 bits per heavy atom. The van der Waals surface area contributed by atoms with Crippen molar-refractivity contribution in [1.82, 2.24) is 4.98 Å². The van der Waals surface area contributed by atoms with E-state index in [1.807, 2.05) is 0 Å². The molecule has 3 N–H and O–H groups in total. The normalized spacial score (nSPS) is 15.5. The Bertz CT molecular complexity index is 306. The second-order valence-electron chi connectivity index (χ2n) is 2.79. The van der Waals surface area contributed by atoms with Crippen LogP contribution in [0.4, 0.5) is 4.39 Å². The lowest BCUT2D eigenvalue weighted by molar-refractivity contribution is 0.160. The number of pyridine rings is 1. The molecule has 1 rings (SSSR count). The molecule has 5 heteroatoms. The molecule has 72 valence electrons. The van der Waals surface area contributed by atoms with Gasteiger partial charge < -0.3 is 10.8 Å². The average molecular weight is 249 g/mol. The van der Waals surface area contributed by atoms with Crippen molar-refractivity contribution in [3.63, 3.8) is 0 Å². The van der Waals surface area contributed by atoms with Crippen molar-refractivity contribution in [2.45, 2.75) is 19.1 Å². The molecule has 0 saturated heterocycles. The van der Waals surface area contributed by atoms with Crippen LogP contribution in [-0.2, 0) is 0 Å². The van der Waals surface area contributed by atoms with E-state index < -0.39 is 18.0 Å². The summed E-state index contributed by atoms with van der Waals surface area (Å²) < 4.78 is 13.7. The second-order valence-corrected chi connectivity index (χ2v) is 3.70. The van der Waals surface area contributed by atoms with Gasteiger partial charge in [-0.2, -0.15) is 0 Å². The van der Waals surface area contributed by atoms with Crippen molar-refractivity contribution in [2.75, 3.05) is 0 Å². The van der Waals surface area contributed by atoms with Crippen molar-refractivity contribution in [2.24, 2.45) is 5.73 Å². The summed E-state index contributed by atoms with van der Waals surface area (Å²) in [6.45, 7) is 1.49. The van der Waals surface area contributed by atoms with Crippen LogP contribution in [-0.4, -0.2) is 16.2 Å². The molecule has 1 heterocycles. The molecular formula is C8H10BrFN2O. The fourth-order valence-corrected chi connectivity index (χ4v) is 1.20. The van der Waals surface area contributed by atoms with Crippen LogP contribution in [0.15, 0.2) is 16.7 Å². The molecule has 0 aliphatic carbocycles. The minimum Gasteiger partial charge on any atom is -0.391 e. The molecule has 0 saturated carbocycles. The monoisotopic (exact) mass is 248 g/mol. The molecule has 0 unspecified atom stereocenters. The Hall–Kier alpha value is -0.520. The van der Waals surface area contributed by atoms with Crippen LogP contribution in [0.2, 0.25) is 0 Å². The third-order valence-corrected chi connectivity index (χ3v) is 2.11. The highest BCUT2D eigenvalue weighted by atomic mass is 79.9. The van der Waals surface area contributed by atoms with E-state index in [4.69, 9.17) is 10.8 Å². The van der Waals surface area contributed by atoms with Crippen LogP contribution in [0.3, 0.4) is 0 Å². The molecule has 0 radical (unpaired) electrons. The summed E-state index contributed by atoms with van der Waals surface area (Å²) in [4.78, 5) is 3.79. The predicted molar refractivity (Wildman–Crippen MR) is 50.5 cm³/mol. The SMILES string of the molecule is C[C@@H](O)[C@H](N)c1ncc(Br)cc1F. The zero-order chi connectivity index (χ0) is 10.0. The van der Waals surface area contributed by atoms with Gasteiger partial charge in [0.25, 0.3) is 0 Å². The Balaban J connectivity index is 3.01. The smallest absolute Gasteiger partial charge is 0.147 e. The fraction of sp³-hybridized carbons (Fsp3) is 0.375. The number of aliphatic hydroxyl groups excluding tert-OH is 1. The summed E-state index contributed by atoms with van der Waals surface area (Å²) in [6, 6.07) is 0.484. The molecule has 0 spiro atoms. The van der Waals surface area contributed by atoms with E-state index in [-0.39, 0.29) is 5.69 Å². The van der Waals surface area contributed by atoms with E-state index >= 15 is 0 Å². The van der Waals surface area contributed by atoms with E-state index in [0.29, 0.717) is 4.47 Å². The standard InChI is InChI=1S/C8H10BrFN2O/c1-4(13)7(11)8-6(10)2-5(9)3-12-8/h2-4,7,13H,11H2,1H3/t4-,7+/m1/s1. The van der Waals surface area contributed by atoms with Crippen molar-refractivity contribution in [1.29, 1.82) is 0 Å². The first-order valence-electron chi connectivity index (χ1n) is 3.77. The van der Waals surface area contributed by atoms with Crippen LogP contribution in [0.25, 0.3) is 0 Å². The molecule has 0 aromatic carbocycles. The van der Waals surface area contributed by atoms with Crippen molar-refractivity contribution >= 4 is 15.9 Å². The molecule has 1 aromatic heterocycles. The van der Waals surface area contributed by atoms with E-state index in [2.05, 4.69) is 20.9 Å². The Kier molecular flexibility index (Phi) is 3.35. The van der Waals surface area contributed by atoms with Crippen LogP contribution < -0.4 is 5.73 Å². The Morgan fingerprint density at radius 2 is 2.31 bits per heavy atom. The maximum absolute atomic E-state index is 13.2. The lowest BCUT2D eigenvalue weighted by Crippen LogP contribution is -2.25. The van der Waals surface area contributed by atoms with Crippen LogP contribution in [0, 0.1) is 5.82 Å². The number of nitrogens with two attached hydrogens (primary N) is 1. The molecule has 0 bridgehead atoms. The van der Waals surface area contributed by atoms with E-state index in [1.165, 1.54) is 19.2 Å². The summed E-state index contributed by atoms with van der Waals surface area (Å²) in [7, 11) is 0. The topological polar surface area (TPSA) is 59.1 Å². The minimum absolute atomic E-state index is 0.0817. The van der Waals surface area contributed by atoms with E-state index in [0.717, 1.165) is 0 Å². The summed E-state index contributed by atoms with van der Waals surface area (Å²) >= 11 is 3.08. The summed E-state index contributed by atoms with van der Waals surface area (Å²) in [5.41, 5.74) is 5.60. The first-order valence-corrected chi connectivity index (χ1v) is 4.56. The highest BCUT2D eigenvalue weighted by molar-refractivity contribution is 9.10. The average Bonchev–Trinajstić information content (AvgIpc) is 2.03. The first kappa shape index (κ1) is 10.6. The number of hydrogen-bond donors (Lipinski definition) is 2. The number of aliphatic hydroxyl groups is 1. The summed E-state index contributed by atoms with van der Waals surface area (Å²) in [6.07, 6.45) is 0.629. The number of nitrogens with zero attached hydrogens (tertiary/aromatic N) is 1. The first-order chi connectivity index (χ1) is 6.02. The Labute approximate surface area is 83.9 Å². The van der Waals surface area contributed by atoms with Gasteiger partial charge in [0.1, 0.15) is 5.82 Å². The predicted octanol–water partition coefficient (Wildman–Crippen LogP) is 1.36. The van der Waals surface area contributed by atoms with Gasteiger partial charge in [0.2, 0.25) is 0 Å². The number of hydrogen-bond acceptors (Lipinski definition) is 3. The molecule has 3 nitrogen and oxygen atoms in total. The van der Waals surface area contributed by atoms with Gasteiger partial charge in [-0.3, -0.25) is 4.98 Å². The van der Waals surface area contributed by atoms with Crippen LogP contribution >= 0.6 is 15.9 Å². The molecule has 2 atom stereocenters. The van der Waals surface area contributed by atoms with Crippen molar-refractivity contribution < 1.29 is 9.50 Å². The lowest BCUT2D eigenvalue weighted by atomic mass is 10.1. The van der Waals surface area contributed by atoms with Crippen molar-refractivity contribution in [3.05, 3.63) is 28.2 Å². The lowest BCUT2D eigenvalue weighted by Gasteiger charge is -2.14. The maximum atomic E-state index is 13.2. The van der Waals surface area contributed by atoms with Gasteiger partial charge in [0, 0.05) is 10.7 Å². The number of aromatic nitrogens is 1. The van der Waals surface area contributed by atoms with Gasteiger partial charge in [-0.1, -0.05) is 0 Å². The van der Waals surface area contributed by atoms with Gasteiger partial charge >= 0.3 is 0 Å². The van der Waals surface area contributed by atoms with E-state index in [1.54, 1.807) is 0 Å². The van der Waals surface area contributed by atoms with Crippen LogP contribution in [0.1, 0.15) is 18.7 Å². The molecule has 0 fully saturated rings. The highest BCUT2D eigenvalue weighted by Crippen LogP contribution is 2.18. The largest absolute Gasteiger partial charge is 0.391 e. The minimum atomic E-state index is -0.817. The van der Waals surface area contributed by atoms with Gasteiger partial charge in [-0.25, -0.2) is 4.39 Å². The molecule has 0 aliphatic heterocycles. The molecule has 1 aromatic rings. The van der Waals surface area contributed by atoms with Crippen LogP contribution in [0.5, 0.6) is 0 Å². The Morgan fingerprint density at radius 1 is 1.69 bits per heavy atom. The van der Waals surface area contributed by atoms with Gasteiger partial charge in [0.05, 0.1) is 17.8 Å². The highest BCUT2D eigenvalue weighted by Gasteiger charge is 2.17. The van der Waals surface area contributed by atoms with Gasteiger partial charge in [0.15, 0.2) is 0 Å². The van der Waals surface area contributed by atoms with Crippen molar-refractivity contribution in [3.8, 4) is 0 Å². The summed E-state index contributed by atoms with van der Waals surface area (Å²) in [5.74, 6) is -0.511. The zero-order valence-corrected chi connectivity index (χ0v) is 8.62. The molecular weight excluding hydrogens is 239 g/mol. The van der Waals surface area contributed by atoms with Gasteiger partial charge in [-0.05, 0) is 28.9 Å². The third kappa shape index (κ3) is 2.46. The van der Waals surface area contributed by atoms with E-state index in [9.17, 15) is 4.39 Å². The third-order valence-electron chi connectivity index (χ3n) is 1.67. The number of rotatable bonds is 2. The van der Waals surface area contributed by atoms with Gasteiger partial charge in [-0.15, -0.1) is 0 Å². The summed E-state index contributed by atoms with van der Waals surface area (Å²) in [5, 5.41) is 9.12. The fourth-order valence-electron chi connectivity index (χ4n) is 0.899. The molecule has 0 amide bonds.